The quantitative estimate of drug-likeness (QED) is 0.658. The second-order valence-electron chi connectivity index (χ2n) is 3.27. The third-order valence-electron chi connectivity index (χ3n) is 0.850. The van der Waals surface area contributed by atoms with E-state index in [9.17, 15) is 4.79 Å². The standard InChI is InChI=1S/C8H16N2O2/c1-8(2,3)12-7(11)10-6-5-9-4/h5-6,9H,1-4H3,(H,10,11)/b6-5+. The highest BCUT2D eigenvalue weighted by Crippen LogP contribution is 2.05. The fourth-order valence-electron chi connectivity index (χ4n) is 0.501. The zero-order chi connectivity index (χ0) is 9.61. The first-order valence-electron chi connectivity index (χ1n) is 3.77. The summed E-state index contributed by atoms with van der Waals surface area (Å²) in [6.07, 6.45) is 2.63. The largest absolute Gasteiger partial charge is 0.444 e. The number of hydrogen-bond donors (Lipinski definition) is 2. The predicted molar refractivity (Wildman–Crippen MR) is 47.6 cm³/mol. The van der Waals surface area contributed by atoms with Gasteiger partial charge in [-0.3, -0.25) is 5.32 Å². The minimum atomic E-state index is -0.450. The van der Waals surface area contributed by atoms with E-state index in [0.29, 0.717) is 0 Å². The first-order chi connectivity index (χ1) is 5.45. The highest BCUT2D eigenvalue weighted by Gasteiger charge is 2.14. The van der Waals surface area contributed by atoms with Gasteiger partial charge < -0.3 is 10.1 Å². The van der Waals surface area contributed by atoms with Crippen LogP contribution in [0.1, 0.15) is 20.8 Å². The second kappa shape index (κ2) is 4.64. The van der Waals surface area contributed by atoms with Crippen molar-refractivity contribution in [2.45, 2.75) is 26.4 Å². The molecule has 12 heavy (non-hydrogen) atoms. The molecular formula is C8H16N2O2. The van der Waals surface area contributed by atoms with Crippen molar-refractivity contribution in [1.82, 2.24) is 10.6 Å². The normalized spacial score (nSPS) is 11.3. The molecule has 4 nitrogen and oxygen atoms in total. The fraction of sp³-hybridized carbons (Fsp3) is 0.625. The van der Waals surface area contributed by atoms with E-state index in [1.54, 1.807) is 13.2 Å². The first-order valence-corrected chi connectivity index (χ1v) is 3.77. The summed E-state index contributed by atoms with van der Waals surface area (Å²) in [5.41, 5.74) is -0.447. The maximum atomic E-state index is 10.9. The number of amides is 1. The van der Waals surface area contributed by atoms with E-state index in [1.165, 1.54) is 6.20 Å². The molecule has 0 aromatic heterocycles. The Kier molecular flexibility index (Phi) is 4.18. The number of nitrogens with one attached hydrogen (secondary N) is 2. The highest BCUT2D eigenvalue weighted by molar-refractivity contribution is 5.68. The molecule has 70 valence electrons. The Balaban J connectivity index is 3.68. The lowest BCUT2D eigenvalue weighted by Gasteiger charge is -2.18. The van der Waals surface area contributed by atoms with Crippen LogP contribution in [-0.2, 0) is 4.74 Å². The van der Waals surface area contributed by atoms with Crippen molar-refractivity contribution in [3.05, 3.63) is 12.4 Å². The number of ether oxygens (including phenoxy) is 1. The molecule has 0 saturated carbocycles. The summed E-state index contributed by atoms with van der Waals surface area (Å²) in [7, 11) is 1.74. The van der Waals surface area contributed by atoms with Gasteiger partial charge in [-0.2, -0.15) is 0 Å². The van der Waals surface area contributed by atoms with Gasteiger partial charge in [0.1, 0.15) is 5.60 Å². The monoisotopic (exact) mass is 172 g/mol. The van der Waals surface area contributed by atoms with E-state index >= 15 is 0 Å². The van der Waals surface area contributed by atoms with Crippen LogP contribution in [0.15, 0.2) is 12.4 Å². The molecule has 0 saturated heterocycles. The van der Waals surface area contributed by atoms with Gasteiger partial charge in [-0.25, -0.2) is 4.79 Å². The molecule has 0 rings (SSSR count). The lowest BCUT2D eigenvalue weighted by Crippen LogP contribution is -2.29. The van der Waals surface area contributed by atoms with Crippen LogP contribution in [0, 0.1) is 0 Å². The molecule has 0 heterocycles. The third kappa shape index (κ3) is 6.92. The van der Waals surface area contributed by atoms with Crippen LogP contribution in [0.4, 0.5) is 4.79 Å². The van der Waals surface area contributed by atoms with Crippen LogP contribution in [-0.4, -0.2) is 18.7 Å². The van der Waals surface area contributed by atoms with Crippen molar-refractivity contribution >= 4 is 6.09 Å². The number of rotatable bonds is 2. The minimum Gasteiger partial charge on any atom is -0.444 e. The average Bonchev–Trinajstić information content (AvgIpc) is 1.84. The van der Waals surface area contributed by atoms with E-state index in [4.69, 9.17) is 4.74 Å². The van der Waals surface area contributed by atoms with E-state index in [0.717, 1.165) is 0 Å². The number of hydrogen-bond acceptors (Lipinski definition) is 3. The smallest absolute Gasteiger partial charge is 0.411 e. The highest BCUT2D eigenvalue weighted by atomic mass is 16.6. The van der Waals surface area contributed by atoms with Crippen molar-refractivity contribution in [2.75, 3.05) is 7.05 Å². The summed E-state index contributed by atoms with van der Waals surface area (Å²) in [6, 6.07) is 0. The third-order valence-corrected chi connectivity index (χ3v) is 0.850. The summed E-state index contributed by atoms with van der Waals surface area (Å²) in [5.74, 6) is 0. The topological polar surface area (TPSA) is 50.4 Å². The van der Waals surface area contributed by atoms with Crippen LogP contribution in [0.25, 0.3) is 0 Å². The SMILES string of the molecule is CN/C=C/NC(=O)OC(C)(C)C. The molecule has 0 unspecified atom stereocenters. The van der Waals surface area contributed by atoms with E-state index in [1.807, 2.05) is 20.8 Å². The van der Waals surface area contributed by atoms with Gasteiger partial charge in [0.05, 0.1) is 0 Å². The van der Waals surface area contributed by atoms with Crippen molar-refractivity contribution in [3.63, 3.8) is 0 Å². The lowest BCUT2D eigenvalue weighted by molar-refractivity contribution is 0.0552. The molecule has 0 aromatic carbocycles. The van der Waals surface area contributed by atoms with Gasteiger partial charge >= 0.3 is 6.09 Å². The molecule has 2 N–H and O–H groups in total. The van der Waals surface area contributed by atoms with Crippen molar-refractivity contribution < 1.29 is 9.53 Å². The zero-order valence-electron chi connectivity index (χ0n) is 7.97. The van der Waals surface area contributed by atoms with Gasteiger partial charge in [0.2, 0.25) is 0 Å². The fourth-order valence-corrected chi connectivity index (χ4v) is 0.501. The molecule has 1 amide bonds. The Bertz CT molecular complexity index is 170. The number of carbonyl (C=O) groups excluding carboxylic acids is 1. The van der Waals surface area contributed by atoms with Crippen molar-refractivity contribution in [1.29, 1.82) is 0 Å². The molecule has 0 atom stereocenters. The molecule has 0 spiro atoms. The maximum Gasteiger partial charge on any atom is 0.411 e. The summed E-state index contributed by atoms with van der Waals surface area (Å²) < 4.78 is 4.96. The molecule has 0 aromatic rings. The Morgan fingerprint density at radius 3 is 2.33 bits per heavy atom. The van der Waals surface area contributed by atoms with Crippen LogP contribution in [0.2, 0.25) is 0 Å². The van der Waals surface area contributed by atoms with Gasteiger partial charge in [0, 0.05) is 19.4 Å². The second-order valence-corrected chi connectivity index (χ2v) is 3.27. The molecule has 4 heteroatoms. The van der Waals surface area contributed by atoms with Crippen LogP contribution in [0.5, 0.6) is 0 Å². The van der Waals surface area contributed by atoms with Gasteiger partial charge in [-0.05, 0) is 20.8 Å². The van der Waals surface area contributed by atoms with Crippen LogP contribution >= 0.6 is 0 Å². The van der Waals surface area contributed by atoms with E-state index in [2.05, 4.69) is 10.6 Å². The molecule has 0 aliphatic carbocycles. The average molecular weight is 172 g/mol. The summed E-state index contributed by atoms with van der Waals surface area (Å²) in [4.78, 5) is 10.9. The minimum absolute atomic E-state index is 0.447. The Morgan fingerprint density at radius 2 is 1.92 bits per heavy atom. The van der Waals surface area contributed by atoms with Crippen LogP contribution in [0.3, 0.4) is 0 Å². The van der Waals surface area contributed by atoms with E-state index < -0.39 is 11.7 Å². The zero-order valence-corrected chi connectivity index (χ0v) is 7.97. The predicted octanol–water partition coefficient (Wildman–Crippen LogP) is 1.20. The molecule has 0 aliphatic heterocycles. The Labute approximate surface area is 73.0 Å². The van der Waals surface area contributed by atoms with Crippen molar-refractivity contribution in [3.8, 4) is 0 Å². The molecule has 0 aliphatic rings. The summed E-state index contributed by atoms with van der Waals surface area (Å²) >= 11 is 0. The lowest BCUT2D eigenvalue weighted by atomic mass is 10.2. The molecule has 0 bridgehead atoms. The van der Waals surface area contributed by atoms with E-state index in [-0.39, 0.29) is 0 Å². The number of alkyl carbamates (subject to hydrolysis) is 1. The first kappa shape index (κ1) is 10.8. The van der Waals surface area contributed by atoms with Crippen LogP contribution < -0.4 is 10.6 Å². The van der Waals surface area contributed by atoms with Gasteiger partial charge in [0.25, 0.3) is 0 Å². The summed E-state index contributed by atoms with van der Waals surface area (Å²) in [6.45, 7) is 5.44. The Hall–Kier alpha value is -1.19. The van der Waals surface area contributed by atoms with Crippen molar-refractivity contribution in [2.24, 2.45) is 0 Å². The van der Waals surface area contributed by atoms with Gasteiger partial charge in [-0.15, -0.1) is 0 Å². The summed E-state index contributed by atoms with van der Waals surface area (Å²) in [5, 5.41) is 5.17. The molecule has 0 fully saturated rings. The Morgan fingerprint density at radius 1 is 1.33 bits per heavy atom. The van der Waals surface area contributed by atoms with Gasteiger partial charge in [0.15, 0.2) is 0 Å². The van der Waals surface area contributed by atoms with Gasteiger partial charge in [-0.1, -0.05) is 0 Å². The maximum absolute atomic E-state index is 10.9. The molecule has 0 radical (unpaired) electrons. The number of carbonyl (C=O) groups is 1. The molecular weight excluding hydrogens is 156 g/mol.